The van der Waals surface area contributed by atoms with Crippen LogP contribution < -0.4 is 10.1 Å². The lowest BCUT2D eigenvalue weighted by molar-refractivity contribution is -0.534. The van der Waals surface area contributed by atoms with E-state index in [4.69, 9.17) is 4.74 Å². The summed E-state index contributed by atoms with van der Waals surface area (Å²) in [6, 6.07) is 17.1. The molecule has 184 valence electrons. The molecule has 0 bridgehead atoms. The molecule has 1 saturated heterocycles. The topological polar surface area (TPSA) is 128 Å². The number of benzene rings is 3. The molecule has 0 aromatic heterocycles. The Labute approximate surface area is 214 Å². The van der Waals surface area contributed by atoms with Crippen molar-refractivity contribution >= 4 is 33.2 Å². The molecule has 3 atom stereocenters. The minimum Gasteiger partial charge on any atom is -0.489 e. The lowest BCUT2D eigenvalue weighted by atomic mass is 9.79. The third-order valence-electron chi connectivity index (χ3n) is 6.95. The van der Waals surface area contributed by atoms with E-state index in [1.165, 1.54) is 12.1 Å². The van der Waals surface area contributed by atoms with E-state index in [1.807, 2.05) is 0 Å². The predicted molar refractivity (Wildman–Crippen MR) is 134 cm³/mol. The maximum absolute atomic E-state index is 13.3. The van der Waals surface area contributed by atoms with Crippen molar-refractivity contribution < 1.29 is 19.4 Å². The summed E-state index contributed by atoms with van der Waals surface area (Å²) in [6.45, 7) is 0.379. The zero-order chi connectivity index (χ0) is 25.6. The van der Waals surface area contributed by atoms with Crippen molar-refractivity contribution in [3.8, 4) is 5.75 Å². The highest BCUT2D eigenvalue weighted by molar-refractivity contribution is 9.10. The van der Waals surface area contributed by atoms with Crippen LogP contribution in [0.2, 0.25) is 0 Å². The number of ether oxygens (including phenoxy) is 1. The standard InChI is InChI=1S/C25H21BrN4O6/c1-28-13-19(23(30(34)35)25(28)20-4-2-3-5-21(20)27-24(25)31)18-12-16(26)8-11-22(18)36-14-15-6-9-17(10-7-15)29(32)33/h2-12,19,23H,13-14H2,1H3,(H,27,31)/t19-,23-,25-/m1/s1. The Bertz CT molecular complexity index is 1380. The number of carbonyl (C=O) groups is 1. The summed E-state index contributed by atoms with van der Waals surface area (Å²) in [6.07, 6.45) is 0. The SMILES string of the molecule is CN1C[C@H](c2cc(Br)ccc2OCc2ccc([N+](=O)[O-])cc2)[C@@H]([N+](=O)[O-])[C@]12C(=O)Nc1ccccc12. The van der Waals surface area contributed by atoms with E-state index in [1.54, 1.807) is 66.5 Å². The van der Waals surface area contributed by atoms with Crippen LogP contribution in [0.3, 0.4) is 0 Å². The summed E-state index contributed by atoms with van der Waals surface area (Å²) in [5.74, 6) is -0.615. The van der Waals surface area contributed by atoms with E-state index in [0.29, 0.717) is 28.1 Å². The van der Waals surface area contributed by atoms with E-state index in [9.17, 15) is 25.0 Å². The number of carbonyl (C=O) groups excluding carboxylic acids is 1. The van der Waals surface area contributed by atoms with Gasteiger partial charge in [0.25, 0.3) is 17.6 Å². The lowest BCUT2D eigenvalue weighted by Crippen LogP contribution is -2.54. The summed E-state index contributed by atoms with van der Waals surface area (Å²) < 4.78 is 6.79. The molecule has 0 radical (unpaired) electrons. The zero-order valence-corrected chi connectivity index (χ0v) is 20.7. The minimum atomic E-state index is -1.46. The Morgan fingerprint density at radius 1 is 1.11 bits per heavy atom. The van der Waals surface area contributed by atoms with Gasteiger partial charge in [-0.1, -0.05) is 34.1 Å². The highest BCUT2D eigenvalue weighted by atomic mass is 79.9. The van der Waals surface area contributed by atoms with Crippen molar-refractivity contribution in [2.75, 3.05) is 18.9 Å². The molecule has 2 heterocycles. The van der Waals surface area contributed by atoms with Crippen LogP contribution in [0, 0.1) is 20.2 Å². The second-order valence-corrected chi connectivity index (χ2v) is 9.79. The molecule has 1 spiro atoms. The van der Waals surface area contributed by atoms with Crippen LogP contribution in [-0.4, -0.2) is 40.3 Å². The molecular formula is C25H21BrN4O6. The maximum Gasteiger partial charge on any atom is 0.269 e. The molecule has 0 aliphatic carbocycles. The second-order valence-electron chi connectivity index (χ2n) is 8.88. The highest BCUT2D eigenvalue weighted by Crippen LogP contribution is 2.53. The highest BCUT2D eigenvalue weighted by Gasteiger charge is 2.68. The molecule has 3 aromatic rings. The quantitative estimate of drug-likeness (QED) is 0.353. The number of para-hydroxylation sites is 1. The number of likely N-dealkylation sites (tertiary alicyclic amines) is 1. The monoisotopic (exact) mass is 552 g/mol. The van der Waals surface area contributed by atoms with E-state index >= 15 is 0 Å². The molecule has 10 nitrogen and oxygen atoms in total. The summed E-state index contributed by atoms with van der Waals surface area (Å²) >= 11 is 3.46. The van der Waals surface area contributed by atoms with Crippen molar-refractivity contribution in [2.24, 2.45) is 0 Å². The molecule has 11 heteroatoms. The molecule has 5 rings (SSSR count). The molecule has 36 heavy (non-hydrogen) atoms. The third kappa shape index (κ3) is 3.71. The number of likely N-dealkylation sites (N-methyl/N-ethyl adjacent to an activating group) is 1. The summed E-state index contributed by atoms with van der Waals surface area (Å²) in [4.78, 5) is 37.8. The van der Waals surface area contributed by atoms with Crippen molar-refractivity contribution in [1.29, 1.82) is 0 Å². The predicted octanol–water partition coefficient (Wildman–Crippen LogP) is 4.46. The van der Waals surface area contributed by atoms with Gasteiger partial charge in [0.05, 0.1) is 10.8 Å². The Hall–Kier alpha value is -3.83. The van der Waals surface area contributed by atoms with Crippen LogP contribution in [0.5, 0.6) is 5.75 Å². The number of nitro benzene ring substituents is 1. The second kappa shape index (κ2) is 8.99. The van der Waals surface area contributed by atoms with E-state index in [0.717, 1.165) is 4.47 Å². The number of hydrogen-bond donors (Lipinski definition) is 1. The number of halogens is 1. The van der Waals surface area contributed by atoms with E-state index in [-0.39, 0.29) is 23.8 Å². The average molecular weight is 553 g/mol. The first kappa shape index (κ1) is 23.9. The van der Waals surface area contributed by atoms with Gasteiger partial charge in [-0.05, 0) is 49.0 Å². The van der Waals surface area contributed by atoms with Crippen LogP contribution in [0.1, 0.15) is 22.6 Å². The van der Waals surface area contributed by atoms with Gasteiger partial charge >= 0.3 is 0 Å². The summed E-state index contributed by atoms with van der Waals surface area (Å²) in [7, 11) is 1.73. The van der Waals surface area contributed by atoms with Gasteiger partial charge < -0.3 is 10.1 Å². The molecular weight excluding hydrogens is 532 g/mol. The average Bonchev–Trinajstić information content (AvgIpc) is 3.33. The Kier molecular flexibility index (Phi) is 5.97. The number of nitro groups is 2. The first-order chi connectivity index (χ1) is 17.2. The number of nitrogens with one attached hydrogen (secondary N) is 1. The lowest BCUT2D eigenvalue weighted by Gasteiger charge is -2.30. The molecule has 1 fully saturated rings. The molecule has 1 N–H and O–H groups in total. The molecule has 3 aromatic carbocycles. The van der Waals surface area contributed by atoms with Gasteiger partial charge in [-0.3, -0.25) is 29.9 Å². The zero-order valence-electron chi connectivity index (χ0n) is 19.1. The fraction of sp³-hybridized carbons (Fsp3) is 0.240. The number of hydrogen-bond acceptors (Lipinski definition) is 7. The van der Waals surface area contributed by atoms with E-state index < -0.39 is 28.3 Å². The van der Waals surface area contributed by atoms with Gasteiger partial charge in [0.15, 0.2) is 5.54 Å². The van der Waals surface area contributed by atoms with Gasteiger partial charge in [0, 0.05) is 44.9 Å². The number of fused-ring (bicyclic) bond motifs is 2. The van der Waals surface area contributed by atoms with Crippen LogP contribution in [-0.2, 0) is 16.9 Å². The molecule has 1 amide bonds. The molecule has 2 aliphatic rings. The maximum atomic E-state index is 13.3. The van der Waals surface area contributed by atoms with Gasteiger partial charge in [0.1, 0.15) is 12.4 Å². The van der Waals surface area contributed by atoms with Gasteiger partial charge in [-0.2, -0.15) is 0 Å². The molecule has 0 unspecified atom stereocenters. The number of non-ortho nitro benzene ring substituents is 1. The molecule has 0 saturated carbocycles. The first-order valence-corrected chi connectivity index (χ1v) is 11.9. The van der Waals surface area contributed by atoms with Gasteiger partial charge in [0.2, 0.25) is 0 Å². The van der Waals surface area contributed by atoms with Crippen LogP contribution in [0.15, 0.2) is 71.2 Å². The number of nitrogens with zero attached hydrogens (tertiary/aromatic N) is 3. The van der Waals surface area contributed by atoms with Gasteiger partial charge in [-0.15, -0.1) is 0 Å². The van der Waals surface area contributed by atoms with Crippen molar-refractivity contribution in [3.05, 3.63) is 108 Å². The fourth-order valence-electron chi connectivity index (χ4n) is 5.38. The Morgan fingerprint density at radius 3 is 2.53 bits per heavy atom. The van der Waals surface area contributed by atoms with Crippen molar-refractivity contribution in [2.45, 2.75) is 24.1 Å². The van der Waals surface area contributed by atoms with Crippen molar-refractivity contribution in [1.82, 2.24) is 4.90 Å². The smallest absolute Gasteiger partial charge is 0.269 e. The Morgan fingerprint density at radius 2 is 1.83 bits per heavy atom. The summed E-state index contributed by atoms with van der Waals surface area (Å²) in [5.41, 5.74) is 1.00. The fourth-order valence-corrected chi connectivity index (χ4v) is 5.76. The van der Waals surface area contributed by atoms with Gasteiger partial charge in [-0.25, -0.2) is 0 Å². The number of rotatable bonds is 6. The molecule has 2 aliphatic heterocycles. The largest absolute Gasteiger partial charge is 0.489 e. The Balaban J connectivity index is 1.52. The normalized spacial score (nSPS) is 22.9. The van der Waals surface area contributed by atoms with Crippen molar-refractivity contribution in [3.63, 3.8) is 0 Å². The van der Waals surface area contributed by atoms with Crippen LogP contribution >= 0.6 is 15.9 Å². The minimum absolute atomic E-state index is 0.0219. The van der Waals surface area contributed by atoms with Crippen LogP contribution in [0.25, 0.3) is 0 Å². The number of anilines is 1. The third-order valence-corrected chi connectivity index (χ3v) is 7.45. The number of amides is 1. The van der Waals surface area contributed by atoms with E-state index in [2.05, 4.69) is 21.2 Å². The van der Waals surface area contributed by atoms with Crippen LogP contribution in [0.4, 0.5) is 11.4 Å². The summed E-state index contributed by atoms with van der Waals surface area (Å²) in [5, 5.41) is 26.3. The first-order valence-electron chi connectivity index (χ1n) is 11.1.